The molecule has 0 amide bonds. The van der Waals surface area contributed by atoms with Crippen LogP contribution in [0.3, 0.4) is 0 Å². The minimum absolute atomic E-state index is 0.0913. The number of hydrogen-bond donors (Lipinski definition) is 1. The molecule has 1 N–H and O–H groups in total. The van der Waals surface area contributed by atoms with Gasteiger partial charge >= 0.3 is 0 Å². The van der Waals surface area contributed by atoms with Crippen LogP contribution in [0.15, 0.2) is 40.9 Å². The summed E-state index contributed by atoms with van der Waals surface area (Å²) < 4.78 is 47.6. The average molecular weight is 646 g/mol. The Bertz CT molecular complexity index is 1380. The van der Waals surface area contributed by atoms with Crippen molar-refractivity contribution in [3.63, 3.8) is 0 Å². The van der Waals surface area contributed by atoms with E-state index in [2.05, 4.69) is 55.1 Å². The molecule has 0 aliphatic rings. The summed E-state index contributed by atoms with van der Waals surface area (Å²) in [5.41, 5.74) is 0.629. The third-order valence-electron chi connectivity index (χ3n) is 7.93. The topological polar surface area (TPSA) is 95.2 Å². The smallest absolute Gasteiger partial charge is 0.240 e. The van der Waals surface area contributed by atoms with Crippen molar-refractivity contribution >= 4 is 14.5 Å². The summed E-state index contributed by atoms with van der Waals surface area (Å²) in [4.78, 5) is 13.9. The molecule has 0 spiro atoms. The second-order valence-corrected chi connectivity index (χ2v) is 13.5. The third kappa shape index (κ3) is 10.3. The zero-order valence-electron chi connectivity index (χ0n) is 28.0. The SMILES string of the molecule is C=C(C)C[C@@H](C)C[C@H](CCC)Oc1cc(O[C@@H](C)[C@@H](C)C[C@@H](F)CNC)nc(-c2noc(C(C)(C)c3c(F)cccc3P)n2)n1. The fourth-order valence-electron chi connectivity index (χ4n) is 5.55. The van der Waals surface area contributed by atoms with Crippen LogP contribution in [-0.2, 0) is 5.41 Å². The van der Waals surface area contributed by atoms with E-state index in [4.69, 9.17) is 14.0 Å². The van der Waals surface area contributed by atoms with Crippen molar-refractivity contribution in [2.75, 3.05) is 13.6 Å². The van der Waals surface area contributed by atoms with Gasteiger partial charge in [-0.2, -0.15) is 15.0 Å². The number of nitrogens with zero attached hydrogens (tertiary/aromatic N) is 4. The number of alkyl halides is 1. The van der Waals surface area contributed by atoms with Crippen LogP contribution in [0.2, 0.25) is 0 Å². The minimum atomic E-state index is -0.996. The number of ether oxygens (including phenoxy) is 2. The molecule has 2 aromatic heterocycles. The van der Waals surface area contributed by atoms with Gasteiger partial charge in [-0.25, -0.2) is 8.78 Å². The van der Waals surface area contributed by atoms with Gasteiger partial charge in [-0.1, -0.05) is 50.1 Å². The molecule has 0 fully saturated rings. The van der Waals surface area contributed by atoms with Gasteiger partial charge in [-0.3, -0.25) is 0 Å². The Labute approximate surface area is 269 Å². The Kier molecular flexibility index (Phi) is 13.4. The van der Waals surface area contributed by atoms with Crippen molar-refractivity contribution in [2.45, 2.75) is 104 Å². The van der Waals surface area contributed by atoms with Crippen LogP contribution in [0.4, 0.5) is 8.78 Å². The maximum atomic E-state index is 14.9. The van der Waals surface area contributed by atoms with Crippen LogP contribution >= 0.6 is 9.24 Å². The first-order chi connectivity index (χ1) is 21.2. The van der Waals surface area contributed by atoms with E-state index < -0.39 is 11.6 Å². The molecule has 3 aromatic rings. The number of benzene rings is 1. The van der Waals surface area contributed by atoms with Gasteiger partial charge in [0.25, 0.3) is 0 Å². The van der Waals surface area contributed by atoms with E-state index in [9.17, 15) is 8.78 Å². The molecule has 1 aromatic carbocycles. The van der Waals surface area contributed by atoms with Crippen LogP contribution in [-0.4, -0.2) is 52.1 Å². The maximum Gasteiger partial charge on any atom is 0.240 e. The molecule has 1 unspecified atom stereocenters. The summed E-state index contributed by atoms with van der Waals surface area (Å²) in [7, 11) is 4.29. The molecule has 2 heterocycles. The van der Waals surface area contributed by atoms with Crippen molar-refractivity contribution in [3.05, 3.63) is 53.7 Å². The predicted octanol–water partition coefficient (Wildman–Crippen LogP) is 7.38. The lowest BCUT2D eigenvalue weighted by atomic mass is 9.84. The largest absolute Gasteiger partial charge is 0.474 e. The van der Waals surface area contributed by atoms with Gasteiger partial charge < -0.3 is 19.3 Å². The minimum Gasteiger partial charge on any atom is -0.474 e. The summed E-state index contributed by atoms with van der Waals surface area (Å²) in [5, 5.41) is 7.74. The zero-order valence-corrected chi connectivity index (χ0v) is 29.1. The van der Waals surface area contributed by atoms with E-state index in [1.54, 1.807) is 19.2 Å². The Morgan fingerprint density at radius 2 is 1.78 bits per heavy atom. The Morgan fingerprint density at radius 3 is 2.40 bits per heavy atom. The van der Waals surface area contributed by atoms with E-state index >= 15 is 0 Å². The Balaban J connectivity index is 1.98. The van der Waals surface area contributed by atoms with E-state index in [1.807, 2.05) is 40.7 Å². The van der Waals surface area contributed by atoms with Gasteiger partial charge in [-0.15, -0.1) is 15.8 Å². The maximum absolute atomic E-state index is 14.9. The molecule has 6 atom stereocenters. The number of hydrogen-bond acceptors (Lipinski definition) is 8. The molecule has 0 bridgehead atoms. The van der Waals surface area contributed by atoms with E-state index in [-0.39, 0.29) is 53.9 Å². The molecule has 3 rings (SSSR count). The Morgan fingerprint density at radius 1 is 1.09 bits per heavy atom. The van der Waals surface area contributed by atoms with Gasteiger partial charge in [0.15, 0.2) is 0 Å². The lowest BCUT2D eigenvalue weighted by Gasteiger charge is -2.24. The monoisotopic (exact) mass is 645 g/mol. The molecule has 0 aliphatic carbocycles. The van der Waals surface area contributed by atoms with Crippen LogP contribution in [0.1, 0.15) is 92.0 Å². The number of halogens is 2. The fraction of sp³-hybridized carbons (Fsp3) is 0.588. The van der Waals surface area contributed by atoms with Crippen molar-refractivity contribution in [1.82, 2.24) is 25.4 Å². The summed E-state index contributed by atoms with van der Waals surface area (Å²) in [5.74, 6) is 0.980. The first-order valence-electron chi connectivity index (χ1n) is 15.8. The van der Waals surface area contributed by atoms with Crippen molar-refractivity contribution < 1.29 is 22.8 Å². The number of allylic oxidation sites excluding steroid dienone is 1. The molecule has 11 heteroatoms. The molecule has 0 aliphatic heterocycles. The van der Waals surface area contributed by atoms with Crippen LogP contribution in [0.25, 0.3) is 11.6 Å². The van der Waals surface area contributed by atoms with Crippen LogP contribution in [0.5, 0.6) is 11.8 Å². The van der Waals surface area contributed by atoms with Gasteiger partial charge in [0.2, 0.25) is 29.3 Å². The van der Waals surface area contributed by atoms with Gasteiger partial charge in [0.1, 0.15) is 24.2 Å². The highest BCUT2D eigenvalue weighted by Crippen LogP contribution is 2.34. The van der Waals surface area contributed by atoms with Crippen LogP contribution in [0, 0.1) is 17.7 Å². The van der Waals surface area contributed by atoms with Gasteiger partial charge in [-0.05, 0) is 83.6 Å². The van der Waals surface area contributed by atoms with Gasteiger partial charge in [0, 0.05) is 12.1 Å². The molecule has 0 saturated heterocycles. The number of aromatic nitrogens is 4. The quantitative estimate of drug-likeness (QED) is 0.113. The molecule has 0 saturated carbocycles. The third-order valence-corrected chi connectivity index (χ3v) is 8.41. The Hall–Kier alpha value is -2.97. The summed E-state index contributed by atoms with van der Waals surface area (Å²) >= 11 is 0. The van der Waals surface area contributed by atoms with Crippen molar-refractivity contribution in [3.8, 4) is 23.4 Å². The van der Waals surface area contributed by atoms with E-state index in [0.29, 0.717) is 29.1 Å². The summed E-state index contributed by atoms with van der Waals surface area (Å²) in [6.07, 6.45) is 2.41. The first-order valence-corrected chi connectivity index (χ1v) is 16.4. The number of rotatable bonds is 18. The van der Waals surface area contributed by atoms with Crippen molar-refractivity contribution in [1.29, 1.82) is 0 Å². The highest BCUT2D eigenvalue weighted by Gasteiger charge is 2.35. The number of nitrogens with one attached hydrogen (secondary N) is 1. The molecule has 8 nitrogen and oxygen atoms in total. The summed E-state index contributed by atoms with van der Waals surface area (Å²) in [6.45, 7) is 18.2. The molecular formula is C34H50F2N5O3P. The highest BCUT2D eigenvalue weighted by molar-refractivity contribution is 7.27. The molecule has 45 heavy (non-hydrogen) atoms. The summed E-state index contributed by atoms with van der Waals surface area (Å²) in [6, 6.07) is 6.53. The molecule has 248 valence electrons. The van der Waals surface area contributed by atoms with Gasteiger partial charge in [0.05, 0.1) is 11.5 Å². The standard InChI is InChI=1S/C34H50F2N5O3P/c1-10-12-25(16-21(4)15-20(2)3)43-29-18-28(42-23(6)22(5)17-24(35)19-37-9)38-31(39-29)32-40-33(44-41-32)34(7,8)30-26(36)13-11-14-27(30)45/h11,13-14,18,21-25,37H,2,10,12,15-17,19,45H2,1,3-9H3/t21-,22+,23+,24-,25+/m1/s1. The first kappa shape index (κ1) is 36.5. The van der Waals surface area contributed by atoms with Crippen LogP contribution < -0.4 is 20.1 Å². The second-order valence-electron chi connectivity index (χ2n) is 12.8. The lowest BCUT2D eigenvalue weighted by Crippen LogP contribution is -2.28. The lowest BCUT2D eigenvalue weighted by molar-refractivity contribution is 0.123. The molecular weight excluding hydrogens is 595 g/mol. The average Bonchev–Trinajstić information content (AvgIpc) is 3.44. The van der Waals surface area contributed by atoms with Crippen molar-refractivity contribution in [2.24, 2.45) is 11.8 Å². The van der Waals surface area contributed by atoms with E-state index in [1.165, 1.54) is 6.07 Å². The zero-order chi connectivity index (χ0) is 33.3. The predicted molar refractivity (Wildman–Crippen MR) is 178 cm³/mol. The fourth-order valence-corrected chi connectivity index (χ4v) is 6.16. The normalized spacial score (nSPS) is 15.3. The highest BCUT2D eigenvalue weighted by atomic mass is 31.0. The van der Waals surface area contributed by atoms with E-state index in [0.717, 1.165) is 31.3 Å². The molecule has 0 radical (unpaired) electrons. The second kappa shape index (κ2) is 16.5.